The molecular formula is C18H17F2N3O2. The van der Waals surface area contributed by atoms with E-state index in [1.807, 2.05) is 25.1 Å². The molecule has 1 aliphatic heterocycles. The van der Waals surface area contributed by atoms with E-state index >= 15 is 0 Å². The number of nitrogens with zero attached hydrogens (tertiary/aromatic N) is 2. The standard InChI is InChI=1S/C18H17F2N3O2/c1-11-4-3-5-13(10-11)18(15(24)23(2)17(21)22-18)12-6-8-14(9-7-12)25-16(19)20/h3-10,16H,1-2H3,(H2,21,22). The monoisotopic (exact) mass is 345 g/mol. The molecule has 0 saturated heterocycles. The van der Waals surface area contributed by atoms with Gasteiger partial charge < -0.3 is 10.5 Å². The van der Waals surface area contributed by atoms with Gasteiger partial charge in [-0.3, -0.25) is 9.69 Å². The Labute approximate surface area is 143 Å². The van der Waals surface area contributed by atoms with Gasteiger partial charge >= 0.3 is 6.61 Å². The van der Waals surface area contributed by atoms with Crippen molar-refractivity contribution in [2.75, 3.05) is 7.05 Å². The molecule has 0 aromatic heterocycles. The van der Waals surface area contributed by atoms with Crippen LogP contribution >= 0.6 is 0 Å². The second kappa shape index (κ2) is 6.16. The number of hydrogen-bond acceptors (Lipinski definition) is 4. The minimum absolute atomic E-state index is 0.00824. The first kappa shape index (κ1) is 16.9. The average molecular weight is 345 g/mol. The minimum Gasteiger partial charge on any atom is -0.435 e. The van der Waals surface area contributed by atoms with Gasteiger partial charge in [-0.05, 0) is 30.2 Å². The summed E-state index contributed by atoms with van der Waals surface area (Å²) < 4.78 is 29.1. The lowest BCUT2D eigenvalue weighted by atomic mass is 9.82. The number of carbonyl (C=O) groups excluding carboxylic acids is 1. The number of guanidine groups is 1. The molecule has 2 N–H and O–H groups in total. The molecule has 0 fully saturated rings. The first-order chi connectivity index (χ1) is 11.8. The summed E-state index contributed by atoms with van der Waals surface area (Å²) >= 11 is 0. The molecule has 130 valence electrons. The fourth-order valence-electron chi connectivity index (χ4n) is 2.93. The highest BCUT2D eigenvalue weighted by Crippen LogP contribution is 2.40. The van der Waals surface area contributed by atoms with Gasteiger partial charge in [0.2, 0.25) is 0 Å². The number of aryl methyl sites for hydroxylation is 1. The van der Waals surface area contributed by atoms with E-state index in [1.165, 1.54) is 17.0 Å². The summed E-state index contributed by atoms with van der Waals surface area (Å²) in [6, 6.07) is 13.3. The Morgan fingerprint density at radius 1 is 1.16 bits per heavy atom. The predicted octanol–water partition coefficient (Wildman–Crippen LogP) is 2.63. The summed E-state index contributed by atoms with van der Waals surface area (Å²) in [6.07, 6.45) is 0. The lowest BCUT2D eigenvalue weighted by Crippen LogP contribution is -2.41. The number of halogens is 2. The number of benzene rings is 2. The molecule has 5 nitrogen and oxygen atoms in total. The zero-order valence-corrected chi connectivity index (χ0v) is 13.7. The van der Waals surface area contributed by atoms with E-state index in [2.05, 4.69) is 9.73 Å². The summed E-state index contributed by atoms with van der Waals surface area (Å²) in [5.41, 5.74) is 6.69. The SMILES string of the molecule is Cc1cccc(C2(c3ccc(OC(F)F)cc3)N=C(N)N(C)C2=O)c1. The van der Waals surface area contributed by atoms with E-state index in [9.17, 15) is 13.6 Å². The highest BCUT2D eigenvalue weighted by atomic mass is 19.3. The Hall–Kier alpha value is -2.96. The second-order valence-corrected chi connectivity index (χ2v) is 5.82. The third kappa shape index (κ3) is 2.82. The van der Waals surface area contributed by atoms with Crippen molar-refractivity contribution in [2.24, 2.45) is 10.7 Å². The van der Waals surface area contributed by atoms with E-state index in [4.69, 9.17) is 5.73 Å². The van der Waals surface area contributed by atoms with Gasteiger partial charge in [0.05, 0.1) is 0 Å². The van der Waals surface area contributed by atoms with Crippen LogP contribution in [0.5, 0.6) is 5.75 Å². The van der Waals surface area contributed by atoms with E-state index in [1.54, 1.807) is 25.2 Å². The molecule has 2 aromatic rings. The minimum atomic E-state index is -2.91. The molecule has 0 bridgehead atoms. The fraction of sp³-hybridized carbons (Fsp3) is 0.222. The zero-order valence-electron chi connectivity index (χ0n) is 13.7. The molecule has 1 unspecified atom stereocenters. The number of amides is 1. The molecule has 1 atom stereocenters. The topological polar surface area (TPSA) is 67.9 Å². The van der Waals surface area contributed by atoms with Crippen LogP contribution in [0.25, 0.3) is 0 Å². The van der Waals surface area contributed by atoms with Crippen LogP contribution in [0.15, 0.2) is 53.5 Å². The van der Waals surface area contributed by atoms with Crippen LogP contribution in [-0.4, -0.2) is 30.4 Å². The van der Waals surface area contributed by atoms with Crippen molar-refractivity contribution < 1.29 is 18.3 Å². The van der Waals surface area contributed by atoms with Crippen LogP contribution in [0, 0.1) is 6.92 Å². The van der Waals surface area contributed by atoms with Crippen molar-refractivity contribution in [3.8, 4) is 5.75 Å². The number of ether oxygens (including phenoxy) is 1. The number of carbonyl (C=O) groups is 1. The molecular weight excluding hydrogens is 328 g/mol. The summed E-state index contributed by atoms with van der Waals surface area (Å²) in [7, 11) is 1.55. The van der Waals surface area contributed by atoms with Crippen molar-refractivity contribution in [1.29, 1.82) is 0 Å². The van der Waals surface area contributed by atoms with Gasteiger partial charge in [-0.15, -0.1) is 0 Å². The van der Waals surface area contributed by atoms with Gasteiger partial charge in [0.1, 0.15) is 5.75 Å². The Morgan fingerprint density at radius 3 is 2.36 bits per heavy atom. The number of rotatable bonds is 4. The van der Waals surface area contributed by atoms with E-state index in [0.29, 0.717) is 11.1 Å². The second-order valence-electron chi connectivity index (χ2n) is 5.82. The van der Waals surface area contributed by atoms with Gasteiger partial charge in [0, 0.05) is 7.05 Å². The van der Waals surface area contributed by atoms with Crippen molar-refractivity contribution in [3.05, 3.63) is 65.2 Å². The van der Waals surface area contributed by atoms with Gasteiger partial charge in [-0.1, -0.05) is 42.0 Å². The third-order valence-corrected chi connectivity index (χ3v) is 4.17. The molecule has 2 aromatic carbocycles. The molecule has 0 saturated carbocycles. The number of hydrogen-bond donors (Lipinski definition) is 1. The van der Waals surface area contributed by atoms with Crippen molar-refractivity contribution in [3.63, 3.8) is 0 Å². The first-order valence-corrected chi connectivity index (χ1v) is 7.60. The zero-order chi connectivity index (χ0) is 18.2. The maximum atomic E-state index is 13.0. The molecule has 0 radical (unpaired) electrons. The Balaban J connectivity index is 2.15. The van der Waals surface area contributed by atoms with Gasteiger partial charge in [0.15, 0.2) is 11.5 Å². The van der Waals surface area contributed by atoms with Gasteiger partial charge in [-0.25, -0.2) is 4.99 Å². The highest BCUT2D eigenvalue weighted by Gasteiger charge is 2.49. The van der Waals surface area contributed by atoms with Crippen molar-refractivity contribution >= 4 is 11.9 Å². The predicted molar refractivity (Wildman–Crippen MR) is 89.4 cm³/mol. The number of likely N-dealkylation sites (N-methyl/N-ethyl adjacent to an activating group) is 1. The van der Waals surface area contributed by atoms with Gasteiger partial charge in [0.25, 0.3) is 5.91 Å². The van der Waals surface area contributed by atoms with Crippen LogP contribution < -0.4 is 10.5 Å². The Morgan fingerprint density at radius 2 is 1.84 bits per heavy atom. The normalized spacial score (nSPS) is 20.1. The average Bonchev–Trinajstić information content (AvgIpc) is 2.80. The maximum absolute atomic E-state index is 13.0. The van der Waals surface area contributed by atoms with Crippen LogP contribution in [0.4, 0.5) is 8.78 Å². The van der Waals surface area contributed by atoms with E-state index in [-0.39, 0.29) is 17.6 Å². The molecule has 1 aliphatic rings. The van der Waals surface area contributed by atoms with Crippen molar-refractivity contribution in [2.45, 2.75) is 19.1 Å². The maximum Gasteiger partial charge on any atom is 0.387 e. The molecule has 3 rings (SSSR count). The molecule has 1 heterocycles. The summed E-state index contributed by atoms with van der Waals surface area (Å²) in [5.74, 6) is -0.202. The van der Waals surface area contributed by atoms with Crippen LogP contribution in [-0.2, 0) is 10.3 Å². The summed E-state index contributed by atoms with van der Waals surface area (Å²) in [5, 5.41) is 0. The van der Waals surface area contributed by atoms with Crippen LogP contribution in [0.1, 0.15) is 16.7 Å². The molecule has 1 amide bonds. The number of alkyl halides is 2. The van der Waals surface area contributed by atoms with E-state index < -0.39 is 12.2 Å². The smallest absolute Gasteiger partial charge is 0.387 e. The molecule has 25 heavy (non-hydrogen) atoms. The number of aliphatic imine (C=N–C) groups is 1. The summed E-state index contributed by atoms with van der Waals surface area (Å²) in [6.45, 7) is -1.00. The summed E-state index contributed by atoms with van der Waals surface area (Å²) in [4.78, 5) is 18.7. The fourth-order valence-corrected chi connectivity index (χ4v) is 2.93. The lowest BCUT2D eigenvalue weighted by molar-refractivity contribution is -0.129. The quantitative estimate of drug-likeness (QED) is 0.926. The van der Waals surface area contributed by atoms with E-state index in [0.717, 1.165) is 5.56 Å². The molecule has 0 spiro atoms. The van der Waals surface area contributed by atoms with Crippen molar-refractivity contribution in [1.82, 2.24) is 4.90 Å². The largest absolute Gasteiger partial charge is 0.435 e. The third-order valence-electron chi connectivity index (χ3n) is 4.17. The Bertz CT molecular complexity index is 836. The van der Waals surface area contributed by atoms with Crippen LogP contribution in [0.2, 0.25) is 0 Å². The first-order valence-electron chi connectivity index (χ1n) is 7.60. The highest BCUT2D eigenvalue weighted by molar-refractivity contribution is 6.08. The molecule has 7 heteroatoms. The Kier molecular flexibility index (Phi) is 4.16. The number of nitrogens with two attached hydrogens (primary N) is 1. The van der Waals surface area contributed by atoms with Gasteiger partial charge in [-0.2, -0.15) is 8.78 Å². The van der Waals surface area contributed by atoms with Crippen LogP contribution in [0.3, 0.4) is 0 Å². The molecule has 0 aliphatic carbocycles. The lowest BCUT2D eigenvalue weighted by Gasteiger charge is -2.26.